The Hall–Kier alpha value is -3.81. The van der Waals surface area contributed by atoms with E-state index in [2.05, 4.69) is 129 Å². The number of nitrogens with one attached hydrogen (secondary N) is 1. The highest BCUT2D eigenvalue weighted by molar-refractivity contribution is 5.76. The van der Waals surface area contributed by atoms with E-state index in [9.17, 15) is 61.0 Å². The molecular weight excluding hydrogens is 1300 g/mol. The second-order valence-electron chi connectivity index (χ2n) is 27.8. The zero-order chi connectivity index (χ0) is 73.9. The smallest absolute Gasteiger partial charge is 0.220 e. The van der Waals surface area contributed by atoms with Crippen LogP contribution in [0, 0.1) is 0 Å². The predicted molar refractivity (Wildman–Crippen MR) is 406 cm³/mol. The van der Waals surface area contributed by atoms with Crippen molar-refractivity contribution >= 4 is 5.91 Å². The third-order valence-corrected chi connectivity index (χ3v) is 19.0. The Kier molecular flexibility index (Phi) is 56.4. The maximum absolute atomic E-state index is 13.5. The van der Waals surface area contributed by atoms with Crippen LogP contribution in [0.1, 0.15) is 264 Å². The number of ether oxygens (including phenoxy) is 6. The Balaban J connectivity index is 1.38. The van der Waals surface area contributed by atoms with Crippen LogP contribution in [0.4, 0.5) is 0 Å². The Morgan fingerprint density at radius 1 is 0.363 bits per heavy atom. The molecule has 19 heteroatoms. The number of allylic oxidation sites excluding steroid dienone is 19. The van der Waals surface area contributed by atoms with E-state index in [4.69, 9.17) is 28.4 Å². The van der Waals surface area contributed by atoms with Crippen LogP contribution < -0.4 is 5.32 Å². The molecule has 102 heavy (non-hydrogen) atoms. The molecular formula is C83H141NO18. The van der Waals surface area contributed by atoms with Crippen LogP contribution in [0.5, 0.6) is 0 Å². The minimum absolute atomic E-state index is 0.224. The Morgan fingerprint density at radius 3 is 1.10 bits per heavy atom. The van der Waals surface area contributed by atoms with Crippen molar-refractivity contribution in [1.29, 1.82) is 0 Å². The summed E-state index contributed by atoms with van der Waals surface area (Å²) in [5.41, 5.74) is 0. The van der Waals surface area contributed by atoms with Gasteiger partial charge in [0, 0.05) is 6.42 Å². The van der Waals surface area contributed by atoms with Crippen LogP contribution in [-0.4, -0.2) is 193 Å². The van der Waals surface area contributed by atoms with Gasteiger partial charge in [0.05, 0.1) is 38.6 Å². The molecule has 1 amide bonds. The van der Waals surface area contributed by atoms with Crippen molar-refractivity contribution in [2.24, 2.45) is 0 Å². The van der Waals surface area contributed by atoms with Crippen LogP contribution in [0.3, 0.4) is 0 Å². The average molecular weight is 1440 g/mol. The van der Waals surface area contributed by atoms with Crippen molar-refractivity contribution in [2.75, 3.05) is 26.4 Å². The summed E-state index contributed by atoms with van der Waals surface area (Å²) in [5, 5.41) is 121. The number of aliphatic hydroxyl groups is 11. The normalized spacial score (nSPS) is 26.9. The van der Waals surface area contributed by atoms with Crippen molar-refractivity contribution in [3.63, 3.8) is 0 Å². The second-order valence-corrected chi connectivity index (χ2v) is 27.8. The molecule has 19 nitrogen and oxygen atoms in total. The van der Waals surface area contributed by atoms with Gasteiger partial charge in [0.15, 0.2) is 18.9 Å². The van der Waals surface area contributed by atoms with Gasteiger partial charge < -0.3 is 89.9 Å². The van der Waals surface area contributed by atoms with Gasteiger partial charge in [0.1, 0.15) is 73.2 Å². The first-order valence-corrected chi connectivity index (χ1v) is 39.8. The average Bonchev–Trinajstić information content (AvgIpc) is 0.781. The van der Waals surface area contributed by atoms with E-state index in [1.165, 1.54) is 128 Å². The summed E-state index contributed by atoms with van der Waals surface area (Å²) in [6, 6.07) is -1.01. The Labute approximate surface area is 614 Å². The summed E-state index contributed by atoms with van der Waals surface area (Å²) in [4.78, 5) is 13.5. The lowest BCUT2D eigenvalue weighted by Gasteiger charge is -2.48. The molecule has 0 bridgehead atoms. The van der Waals surface area contributed by atoms with Gasteiger partial charge in [-0.3, -0.25) is 4.79 Å². The van der Waals surface area contributed by atoms with Crippen LogP contribution in [0.2, 0.25) is 0 Å². The molecule has 0 radical (unpaired) electrons. The van der Waals surface area contributed by atoms with Crippen LogP contribution in [0.25, 0.3) is 0 Å². The standard InChI is InChI=1S/C83H141NO18/c1-3-5-7-9-11-13-15-17-19-21-23-25-27-28-29-30-31-32-33-34-35-36-37-38-39-41-43-45-47-49-51-53-55-57-59-61-71(89)84-66(67(88)60-58-56-54-52-50-48-46-44-42-40-26-24-22-20-18-16-14-12-10-8-6-4-2)65-97-81-77(95)74(92)79(69(63-86)99-81)102-83-78(96)75(93)80(70(64-87)100-83)101-82-76(94)73(91)72(90)68(62-85)98-82/h5,7,11,13,17,19,23,25,28-29,31-32,34-35,42,44,50,52,58,60,66-70,72-83,85-88,90-96H,3-4,6,8-10,12,14-16,18,20-22,24,26-27,30,33,36-41,43,45-49,51,53-57,59,61-65H2,1-2H3,(H,84,89)/b7-5-,13-11-,19-17-,25-23-,29-28-,32-31-,35-34-,44-42+,52-50+,60-58+. The van der Waals surface area contributed by atoms with E-state index >= 15 is 0 Å². The number of hydrogen-bond donors (Lipinski definition) is 12. The molecule has 0 aromatic rings. The highest BCUT2D eigenvalue weighted by Crippen LogP contribution is 2.33. The second kappa shape index (κ2) is 62.3. The van der Waals surface area contributed by atoms with Crippen LogP contribution >= 0.6 is 0 Å². The first-order valence-electron chi connectivity index (χ1n) is 39.8. The van der Waals surface area contributed by atoms with Gasteiger partial charge in [0.25, 0.3) is 0 Å². The van der Waals surface area contributed by atoms with Crippen molar-refractivity contribution in [2.45, 2.75) is 369 Å². The van der Waals surface area contributed by atoms with Crippen molar-refractivity contribution < 1.29 is 89.4 Å². The number of carbonyl (C=O) groups excluding carboxylic acids is 1. The SMILES string of the molecule is CC/C=C\C/C=C\C/C=C\C/C=C\C/C=C\C/C=C\C/C=C\CCCCCCCCCCCCCCCC(=O)NC(COC1OC(CO)C(OC2OC(CO)C(OC3OC(CO)C(O)C(O)C3O)C(O)C2O)C(O)C1O)C(O)/C=C/CC/C=C/CC/C=C/CCCCCCCCCCCCCC. The van der Waals surface area contributed by atoms with Crippen LogP contribution in [-0.2, 0) is 33.2 Å². The van der Waals surface area contributed by atoms with Gasteiger partial charge in [-0.05, 0) is 103 Å². The molecule has 3 heterocycles. The third-order valence-electron chi connectivity index (χ3n) is 19.0. The molecule has 17 unspecified atom stereocenters. The number of hydrogen-bond acceptors (Lipinski definition) is 18. The van der Waals surface area contributed by atoms with Crippen molar-refractivity contribution in [3.05, 3.63) is 122 Å². The maximum Gasteiger partial charge on any atom is 0.220 e. The third kappa shape index (κ3) is 41.9. The van der Waals surface area contributed by atoms with E-state index in [0.29, 0.717) is 12.8 Å². The lowest BCUT2D eigenvalue weighted by atomic mass is 9.96. The van der Waals surface area contributed by atoms with Gasteiger partial charge in [-0.1, -0.05) is 277 Å². The van der Waals surface area contributed by atoms with Crippen molar-refractivity contribution in [3.8, 4) is 0 Å². The number of aliphatic hydroxyl groups excluding tert-OH is 11. The van der Waals surface area contributed by atoms with Gasteiger partial charge >= 0.3 is 0 Å². The zero-order valence-corrected chi connectivity index (χ0v) is 62.5. The highest BCUT2D eigenvalue weighted by atomic mass is 16.8. The first kappa shape index (κ1) is 92.4. The maximum atomic E-state index is 13.5. The van der Waals surface area contributed by atoms with E-state index in [-0.39, 0.29) is 18.9 Å². The predicted octanol–water partition coefficient (Wildman–Crippen LogP) is 13.1. The van der Waals surface area contributed by atoms with Gasteiger partial charge in [-0.25, -0.2) is 0 Å². The lowest BCUT2D eigenvalue weighted by molar-refractivity contribution is -0.379. The Morgan fingerprint density at radius 2 is 0.686 bits per heavy atom. The van der Waals surface area contributed by atoms with Gasteiger partial charge in [-0.15, -0.1) is 0 Å². The minimum atomic E-state index is -1.99. The molecule has 17 atom stereocenters. The molecule has 586 valence electrons. The minimum Gasteiger partial charge on any atom is -0.394 e. The van der Waals surface area contributed by atoms with E-state index in [0.717, 1.165) is 103 Å². The fraction of sp³-hybridized carbons (Fsp3) is 0.747. The topological polar surface area (TPSA) is 307 Å². The number of rotatable bonds is 61. The fourth-order valence-electron chi connectivity index (χ4n) is 12.6. The summed E-state index contributed by atoms with van der Waals surface area (Å²) in [7, 11) is 0. The molecule has 0 spiro atoms. The van der Waals surface area contributed by atoms with E-state index in [1.54, 1.807) is 6.08 Å². The molecule has 3 fully saturated rings. The summed E-state index contributed by atoms with van der Waals surface area (Å²) in [5.74, 6) is -0.294. The summed E-state index contributed by atoms with van der Waals surface area (Å²) >= 11 is 0. The highest BCUT2D eigenvalue weighted by Gasteiger charge is 2.53. The Bertz CT molecular complexity index is 2320. The van der Waals surface area contributed by atoms with Gasteiger partial charge in [-0.2, -0.15) is 0 Å². The largest absolute Gasteiger partial charge is 0.394 e. The molecule has 3 aliphatic rings. The molecule has 0 saturated carbocycles. The number of amides is 1. The number of carbonyl (C=O) groups is 1. The van der Waals surface area contributed by atoms with E-state index < -0.39 is 124 Å². The van der Waals surface area contributed by atoms with Gasteiger partial charge in [0.2, 0.25) is 5.91 Å². The molecule has 0 aromatic carbocycles. The van der Waals surface area contributed by atoms with Crippen molar-refractivity contribution in [1.82, 2.24) is 5.32 Å². The summed E-state index contributed by atoms with van der Waals surface area (Å²) in [6.07, 6.45) is 60.3. The monoisotopic (exact) mass is 1440 g/mol. The first-order chi connectivity index (χ1) is 49.8. The number of unbranched alkanes of at least 4 members (excludes halogenated alkanes) is 27. The lowest BCUT2D eigenvalue weighted by Crippen LogP contribution is -2.66. The van der Waals surface area contributed by atoms with Crippen LogP contribution in [0.15, 0.2) is 122 Å². The molecule has 3 aliphatic heterocycles. The van der Waals surface area contributed by atoms with E-state index in [1.807, 2.05) is 6.08 Å². The molecule has 0 aromatic heterocycles. The quantitative estimate of drug-likeness (QED) is 0.0199. The molecule has 0 aliphatic carbocycles. The summed E-state index contributed by atoms with van der Waals surface area (Å²) < 4.78 is 34.4. The molecule has 12 N–H and O–H groups in total. The summed E-state index contributed by atoms with van der Waals surface area (Å²) in [6.45, 7) is 1.60. The zero-order valence-electron chi connectivity index (χ0n) is 62.5. The fourth-order valence-corrected chi connectivity index (χ4v) is 12.6. The molecule has 3 rings (SSSR count). The molecule has 3 saturated heterocycles.